The molecule has 142 valence electrons. The Bertz CT molecular complexity index is 786. The van der Waals surface area contributed by atoms with Gasteiger partial charge in [-0.1, -0.05) is 48.0 Å². The van der Waals surface area contributed by atoms with E-state index in [2.05, 4.69) is 22.3 Å². The van der Waals surface area contributed by atoms with Gasteiger partial charge in [-0.2, -0.15) is 0 Å². The van der Waals surface area contributed by atoms with Gasteiger partial charge in [0.25, 0.3) is 5.91 Å². The minimum Gasteiger partial charge on any atom is -0.484 e. The first-order chi connectivity index (χ1) is 13.2. The molecule has 5 nitrogen and oxygen atoms in total. The molecule has 0 spiro atoms. The van der Waals surface area contributed by atoms with E-state index in [0.29, 0.717) is 23.4 Å². The Morgan fingerprint density at radius 3 is 2.85 bits per heavy atom. The van der Waals surface area contributed by atoms with Crippen molar-refractivity contribution >= 4 is 17.5 Å². The Balaban J connectivity index is 1.26. The molecule has 2 aromatic carbocycles. The van der Waals surface area contributed by atoms with E-state index < -0.39 is 0 Å². The lowest BCUT2D eigenvalue weighted by Crippen LogP contribution is -2.43. The Morgan fingerprint density at radius 2 is 2.04 bits per heavy atom. The molecular formula is C21H23ClN2O3. The standard InChI is InChI=1S/C21H23ClN2O3/c22-16-7-4-8-19(9-16)26-14-21(25)23-17-10-18-13-27-20(12-24(18)11-17)15-5-2-1-3-6-15/h1-9,17-18,20H,10-14H2,(H,23,25)/t17-,18+,20-/m1/s1. The van der Waals surface area contributed by atoms with Crippen LogP contribution in [0, 0.1) is 0 Å². The molecule has 6 heteroatoms. The predicted molar refractivity (Wildman–Crippen MR) is 104 cm³/mol. The van der Waals surface area contributed by atoms with Crippen molar-refractivity contribution in [2.75, 3.05) is 26.3 Å². The number of halogens is 1. The fourth-order valence-electron chi connectivity index (χ4n) is 3.82. The molecule has 0 radical (unpaired) electrons. The Kier molecular flexibility index (Phi) is 5.62. The number of fused-ring (bicyclic) bond motifs is 1. The number of nitrogens with zero attached hydrogens (tertiary/aromatic N) is 1. The molecule has 2 fully saturated rings. The van der Waals surface area contributed by atoms with Gasteiger partial charge in [0.2, 0.25) is 0 Å². The lowest BCUT2D eigenvalue weighted by molar-refractivity contribution is -0.123. The van der Waals surface area contributed by atoms with E-state index in [0.717, 1.165) is 19.5 Å². The van der Waals surface area contributed by atoms with Crippen molar-refractivity contribution in [3.05, 3.63) is 65.2 Å². The maximum Gasteiger partial charge on any atom is 0.258 e. The summed E-state index contributed by atoms with van der Waals surface area (Å²) in [5.74, 6) is 0.487. The van der Waals surface area contributed by atoms with Crippen LogP contribution >= 0.6 is 11.6 Å². The van der Waals surface area contributed by atoms with Gasteiger partial charge in [0, 0.05) is 30.2 Å². The van der Waals surface area contributed by atoms with Gasteiger partial charge in [-0.05, 0) is 30.2 Å². The number of carbonyl (C=O) groups is 1. The van der Waals surface area contributed by atoms with Crippen molar-refractivity contribution < 1.29 is 14.3 Å². The molecule has 27 heavy (non-hydrogen) atoms. The monoisotopic (exact) mass is 386 g/mol. The summed E-state index contributed by atoms with van der Waals surface area (Å²) < 4.78 is 11.6. The smallest absolute Gasteiger partial charge is 0.258 e. The zero-order valence-electron chi connectivity index (χ0n) is 15.0. The minimum absolute atomic E-state index is 0.00928. The molecule has 1 N–H and O–H groups in total. The number of rotatable bonds is 5. The van der Waals surface area contributed by atoms with Crippen LogP contribution in [0.5, 0.6) is 5.75 Å². The Morgan fingerprint density at radius 1 is 1.19 bits per heavy atom. The second-order valence-corrected chi connectivity index (χ2v) is 7.52. The van der Waals surface area contributed by atoms with E-state index in [1.807, 2.05) is 18.2 Å². The van der Waals surface area contributed by atoms with Crippen LogP contribution in [-0.2, 0) is 9.53 Å². The van der Waals surface area contributed by atoms with Gasteiger partial charge >= 0.3 is 0 Å². The van der Waals surface area contributed by atoms with E-state index >= 15 is 0 Å². The van der Waals surface area contributed by atoms with Crippen molar-refractivity contribution in [1.29, 1.82) is 0 Å². The van der Waals surface area contributed by atoms with Crippen LogP contribution in [0.15, 0.2) is 54.6 Å². The molecule has 0 unspecified atom stereocenters. The predicted octanol–water partition coefficient (Wildman–Crippen LogP) is 3.05. The highest BCUT2D eigenvalue weighted by atomic mass is 35.5. The van der Waals surface area contributed by atoms with Gasteiger partial charge < -0.3 is 14.8 Å². The molecule has 1 amide bonds. The third-order valence-corrected chi connectivity index (χ3v) is 5.36. The molecule has 0 saturated carbocycles. The fourth-order valence-corrected chi connectivity index (χ4v) is 4.00. The maximum absolute atomic E-state index is 12.2. The normalized spacial score (nSPS) is 25.0. The summed E-state index contributed by atoms with van der Waals surface area (Å²) in [5, 5.41) is 3.67. The minimum atomic E-state index is -0.111. The number of ether oxygens (including phenoxy) is 2. The summed E-state index contributed by atoms with van der Waals surface area (Å²) in [6.07, 6.45) is 1.01. The summed E-state index contributed by atoms with van der Waals surface area (Å²) >= 11 is 5.93. The van der Waals surface area contributed by atoms with Crippen LogP contribution in [0.3, 0.4) is 0 Å². The summed E-state index contributed by atoms with van der Waals surface area (Å²) in [4.78, 5) is 14.7. The van der Waals surface area contributed by atoms with Gasteiger partial charge in [-0.15, -0.1) is 0 Å². The Hall–Kier alpha value is -2.08. The van der Waals surface area contributed by atoms with Crippen molar-refractivity contribution in [3.63, 3.8) is 0 Å². The van der Waals surface area contributed by atoms with Crippen LogP contribution in [0.1, 0.15) is 18.1 Å². The number of benzene rings is 2. The molecule has 2 aliphatic heterocycles. The first kappa shape index (κ1) is 18.3. The number of morpholine rings is 1. The number of carbonyl (C=O) groups excluding carboxylic acids is 1. The molecule has 4 rings (SSSR count). The van der Waals surface area contributed by atoms with Crippen LogP contribution in [-0.4, -0.2) is 49.2 Å². The van der Waals surface area contributed by atoms with E-state index in [9.17, 15) is 4.79 Å². The molecule has 2 aliphatic rings. The van der Waals surface area contributed by atoms with E-state index in [1.165, 1.54) is 5.56 Å². The van der Waals surface area contributed by atoms with Gasteiger partial charge in [0.05, 0.1) is 12.7 Å². The average Bonchev–Trinajstić information content (AvgIpc) is 3.08. The SMILES string of the molecule is O=C(COc1cccc(Cl)c1)N[C@@H]1C[C@H]2CO[C@@H](c3ccccc3)CN2C1. The van der Waals surface area contributed by atoms with Gasteiger partial charge in [-0.25, -0.2) is 0 Å². The summed E-state index contributed by atoms with van der Waals surface area (Å²) in [6.45, 7) is 2.40. The number of nitrogens with one attached hydrogen (secondary N) is 1. The molecule has 0 aromatic heterocycles. The number of hydrogen-bond donors (Lipinski definition) is 1. The van der Waals surface area contributed by atoms with Gasteiger partial charge in [0.1, 0.15) is 5.75 Å². The average molecular weight is 387 g/mol. The molecule has 0 aliphatic carbocycles. The van der Waals surface area contributed by atoms with Crippen LogP contribution in [0.4, 0.5) is 0 Å². The second-order valence-electron chi connectivity index (χ2n) is 7.09. The Labute approximate surface area is 164 Å². The quantitative estimate of drug-likeness (QED) is 0.858. The largest absolute Gasteiger partial charge is 0.484 e. The first-order valence-corrected chi connectivity index (χ1v) is 9.63. The summed E-state index contributed by atoms with van der Waals surface area (Å²) in [6, 6.07) is 17.9. The maximum atomic E-state index is 12.2. The van der Waals surface area contributed by atoms with Crippen molar-refractivity contribution in [2.45, 2.75) is 24.6 Å². The molecular weight excluding hydrogens is 364 g/mol. The first-order valence-electron chi connectivity index (χ1n) is 9.26. The lowest BCUT2D eigenvalue weighted by atomic mass is 10.1. The van der Waals surface area contributed by atoms with E-state index in [-0.39, 0.29) is 24.7 Å². The van der Waals surface area contributed by atoms with Gasteiger partial charge in [-0.3, -0.25) is 9.69 Å². The summed E-state index contributed by atoms with van der Waals surface area (Å²) in [7, 11) is 0. The highest BCUT2D eigenvalue weighted by Crippen LogP contribution is 2.30. The molecule has 2 heterocycles. The number of amides is 1. The van der Waals surface area contributed by atoms with Crippen molar-refractivity contribution in [3.8, 4) is 5.75 Å². The third kappa shape index (κ3) is 4.61. The highest BCUT2D eigenvalue weighted by molar-refractivity contribution is 6.30. The number of hydrogen-bond acceptors (Lipinski definition) is 4. The van der Waals surface area contributed by atoms with Crippen molar-refractivity contribution in [2.24, 2.45) is 0 Å². The second kappa shape index (κ2) is 8.30. The van der Waals surface area contributed by atoms with Crippen molar-refractivity contribution in [1.82, 2.24) is 10.2 Å². The molecule has 0 bridgehead atoms. The van der Waals surface area contributed by atoms with Crippen LogP contribution in [0.25, 0.3) is 0 Å². The lowest BCUT2D eigenvalue weighted by Gasteiger charge is -2.35. The van der Waals surface area contributed by atoms with Crippen LogP contribution in [0.2, 0.25) is 5.02 Å². The molecule has 3 atom stereocenters. The molecule has 2 aromatic rings. The zero-order chi connectivity index (χ0) is 18.6. The molecule has 2 saturated heterocycles. The topological polar surface area (TPSA) is 50.8 Å². The fraction of sp³-hybridized carbons (Fsp3) is 0.381. The zero-order valence-corrected chi connectivity index (χ0v) is 15.8. The van der Waals surface area contributed by atoms with E-state index in [4.69, 9.17) is 21.1 Å². The van der Waals surface area contributed by atoms with E-state index in [1.54, 1.807) is 24.3 Å². The third-order valence-electron chi connectivity index (χ3n) is 5.12. The van der Waals surface area contributed by atoms with Crippen LogP contribution < -0.4 is 10.1 Å². The van der Waals surface area contributed by atoms with Gasteiger partial charge in [0.15, 0.2) is 6.61 Å². The summed E-state index contributed by atoms with van der Waals surface area (Å²) in [5.41, 5.74) is 1.21. The highest BCUT2D eigenvalue weighted by Gasteiger charge is 2.38.